The van der Waals surface area contributed by atoms with Crippen LogP contribution in [0.1, 0.15) is 54.9 Å². The lowest BCUT2D eigenvalue weighted by atomic mass is 9.82. The zero-order chi connectivity index (χ0) is 17.2. The van der Waals surface area contributed by atoms with Crippen molar-refractivity contribution in [3.8, 4) is 5.75 Å². The number of hydrogen-bond acceptors (Lipinski definition) is 5. The first-order chi connectivity index (χ1) is 11.4. The number of phenols is 1. The molecule has 0 atom stereocenters. The van der Waals surface area contributed by atoms with Gasteiger partial charge in [-0.15, -0.1) is 0 Å². The van der Waals surface area contributed by atoms with Gasteiger partial charge in [0.05, 0.1) is 11.1 Å². The Balaban J connectivity index is 2.13. The monoisotopic (exact) mass is 320 g/mol. The van der Waals surface area contributed by atoms with E-state index in [1.165, 1.54) is 25.1 Å². The van der Waals surface area contributed by atoms with Crippen LogP contribution in [0.5, 0.6) is 5.75 Å². The summed E-state index contributed by atoms with van der Waals surface area (Å²) >= 11 is 0. The molecule has 1 heterocycles. The summed E-state index contributed by atoms with van der Waals surface area (Å²) in [5.41, 5.74) is 1.42. The second-order valence-corrected chi connectivity index (χ2v) is 5.88. The van der Waals surface area contributed by atoms with E-state index in [0.717, 1.165) is 5.56 Å². The molecule has 5 nitrogen and oxygen atoms in total. The fourth-order valence-corrected chi connectivity index (χ4v) is 3.17. The number of rotatable bonds is 1. The number of ketones is 3. The maximum absolute atomic E-state index is 12.9. The molecule has 0 bridgehead atoms. The predicted molar refractivity (Wildman–Crippen MR) is 85.9 cm³/mol. The molecule has 0 fully saturated rings. The summed E-state index contributed by atoms with van der Waals surface area (Å²) in [6.07, 6.45) is 0. The second kappa shape index (κ2) is 4.64. The van der Waals surface area contributed by atoms with Crippen LogP contribution in [-0.2, 0) is 0 Å². The molecular weight excluding hydrogens is 308 g/mol. The molecule has 1 aromatic heterocycles. The average molecular weight is 320 g/mol. The molecule has 0 amide bonds. The van der Waals surface area contributed by atoms with Gasteiger partial charge in [0.25, 0.3) is 0 Å². The third-order valence-electron chi connectivity index (χ3n) is 4.35. The topological polar surface area (TPSA) is 84.6 Å². The molecule has 0 radical (unpaired) electrons. The van der Waals surface area contributed by atoms with Gasteiger partial charge in [-0.1, -0.05) is 12.1 Å². The maximum atomic E-state index is 12.9. The number of phenolic OH excluding ortho intramolecular Hbond substituents is 1. The molecule has 0 unspecified atom stereocenters. The number of benzene rings is 2. The van der Waals surface area contributed by atoms with Gasteiger partial charge in [0.1, 0.15) is 11.3 Å². The Hall–Kier alpha value is -3.21. The van der Waals surface area contributed by atoms with E-state index < -0.39 is 5.78 Å². The Morgan fingerprint density at radius 3 is 2.50 bits per heavy atom. The van der Waals surface area contributed by atoms with Gasteiger partial charge in [-0.05, 0) is 30.7 Å². The van der Waals surface area contributed by atoms with Gasteiger partial charge in [-0.2, -0.15) is 0 Å². The molecule has 0 aliphatic heterocycles. The highest BCUT2D eigenvalue weighted by Gasteiger charge is 2.35. The molecule has 0 saturated heterocycles. The summed E-state index contributed by atoms with van der Waals surface area (Å²) in [6.45, 7) is 3.16. The highest BCUT2D eigenvalue weighted by molar-refractivity contribution is 6.32. The van der Waals surface area contributed by atoms with Crippen molar-refractivity contribution in [1.29, 1.82) is 0 Å². The minimum atomic E-state index is -0.479. The Bertz CT molecular complexity index is 1080. The van der Waals surface area contributed by atoms with Gasteiger partial charge >= 0.3 is 0 Å². The highest BCUT2D eigenvalue weighted by Crippen LogP contribution is 2.38. The van der Waals surface area contributed by atoms with Crippen molar-refractivity contribution in [2.45, 2.75) is 13.8 Å². The van der Waals surface area contributed by atoms with E-state index in [2.05, 4.69) is 0 Å². The molecule has 3 aromatic rings. The molecule has 2 aromatic carbocycles. The largest absolute Gasteiger partial charge is 0.507 e. The van der Waals surface area contributed by atoms with Crippen LogP contribution < -0.4 is 0 Å². The summed E-state index contributed by atoms with van der Waals surface area (Å²) in [5, 5.41) is 10.6. The summed E-state index contributed by atoms with van der Waals surface area (Å²) in [7, 11) is 0. The lowest BCUT2D eigenvalue weighted by molar-refractivity contribution is 0.0974. The van der Waals surface area contributed by atoms with E-state index in [4.69, 9.17) is 4.42 Å². The minimum Gasteiger partial charge on any atom is -0.507 e. The Kier molecular flexibility index (Phi) is 2.78. The molecule has 5 heteroatoms. The fourth-order valence-electron chi connectivity index (χ4n) is 3.17. The van der Waals surface area contributed by atoms with Crippen LogP contribution in [0, 0.1) is 6.92 Å². The summed E-state index contributed by atoms with van der Waals surface area (Å²) < 4.78 is 5.58. The summed E-state index contributed by atoms with van der Waals surface area (Å²) in [4.78, 5) is 37.3. The van der Waals surface area contributed by atoms with Crippen molar-refractivity contribution in [2.75, 3.05) is 0 Å². The Labute approximate surface area is 136 Å². The predicted octanol–water partition coefficient (Wildman–Crippen LogP) is 3.42. The Morgan fingerprint density at radius 1 is 1.04 bits per heavy atom. The van der Waals surface area contributed by atoms with Crippen LogP contribution in [-0.4, -0.2) is 22.5 Å². The van der Waals surface area contributed by atoms with E-state index >= 15 is 0 Å². The van der Waals surface area contributed by atoms with Gasteiger partial charge in [0, 0.05) is 23.4 Å². The zero-order valence-electron chi connectivity index (χ0n) is 13.0. The normalized spacial score (nSPS) is 13.1. The fraction of sp³-hybridized carbons (Fsp3) is 0.105. The van der Waals surface area contributed by atoms with Crippen LogP contribution in [0.2, 0.25) is 0 Å². The standard InChI is InChI=1S/C19H12O5/c1-8-6-12-16(19-11(8)7-14(24-19)9(2)20)18(23)15-10(17(12)22)4-3-5-13(15)21/h3-7,21H,1-2H3. The molecule has 118 valence electrons. The molecular formula is C19H12O5. The van der Waals surface area contributed by atoms with Gasteiger partial charge in [0.2, 0.25) is 5.78 Å². The molecule has 0 spiro atoms. The van der Waals surface area contributed by atoms with Gasteiger partial charge < -0.3 is 9.52 Å². The number of aryl methyl sites for hydroxylation is 1. The van der Waals surface area contributed by atoms with Crippen LogP contribution in [0.3, 0.4) is 0 Å². The van der Waals surface area contributed by atoms with Crippen LogP contribution in [0.15, 0.2) is 34.7 Å². The van der Waals surface area contributed by atoms with Gasteiger partial charge in [-0.3, -0.25) is 14.4 Å². The van der Waals surface area contributed by atoms with Gasteiger partial charge in [-0.25, -0.2) is 0 Å². The number of fused-ring (bicyclic) bond motifs is 4. The summed E-state index contributed by atoms with van der Waals surface area (Å²) in [5.74, 6) is -1.21. The minimum absolute atomic E-state index is 0.0269. The van der Waals surface area contributed by atoms with E-state index in [0.29, 0.717) is 5.39 Å². The van der Waals surface area contributed by atoms with Crippen molar-refractivity contribution in [3.63, 3.8) is 0 Å². The van der Waals surface area contributed by atoms with Crippen molar-refractivity contribution < 1.29 is 23.9 Å². The van der Waals surface area contributed by atoms with Crippen LogP contribution in [0.4, 0.5) is 0 Å². The number of aromatic hydroxyl groups is 1. The number of hydrogen-bond donors (Lipinski definition) is 1. The first kappa shape index (κ1) is 14.4. The van der Waals surface area contributed by atoms with Crippen molar-refractivity contribution in [2.24, 2.45) is 0 Å². The lowest BCUT2D eigenvalue weighted by Gasteiger charge is -2.19. The average Bonchev–Trinajstić information content (AvgIpc) is 2.98. The molecule has 0 saturated carbocycles. The molecule has 1 aliphatic rings. The van der Waals surface area contributed by atoms with E-state index in [-0.39, 0.29) is 50.9 Å². The number of Topliss-reactive ketones (excluding diaryl/α,β-unsaturated/α-hetero) is 1. The first-order valence-electron chi connectivity index (χ1n) is 7.39. The van der Waals surface area contributed by atoms with Crippen molar-refractivity contribution in [3.05, 3.63) is 63.9 Å². The Morgan fingerprint density at radius 2 is 1.79 bits per heavy atom. The summed E-state index contributed by atoms with van der Waals surface area (Å²) in [6, 6.07) is 7.61. The van der Waals surface area contributed by atoms with E-state index in [1.807, 2.05) is 0 Å². The lowest BCUT2D eigenvalue weighted by Crippen LogP contribution is -2.21. The van der Waals surface area contributed by atoms with Crippen molar-refractivity contribution >= 4 is 28.3 Å². The SMILES string of the molecule is CC(=O)c1cc2c(C)cc3c(c2o1)C(=O)c1c(O)cccc1C3=O. The highest BCUT2D eigenvalue weighted by atomic mass is 16.3. The van der Waals surface area contributed by atoms with Gasteiger partial charge in [0.15, 0.2) is 17.3 Å². The molecule has 24 heavy (non-hydrogen) atoms. The number of carbonyl (C=O) groups excluding carboxylic acids is 3. The number of carbonyl (C=O) groups is 3. The molecule has 1 N–H and O–H groups in total. The number of furan rings is 1. The third-order valence-corrected chi connectivity index (χ3v) is 4.35. The van der Waals surface area contributed by atoms with E-state index in [1.54, 1.807) is 19.1 Å². The smallest absolute Gasteiger partial charge is 0.202 e. The third kappa shape index (κ3) is 1.72. The quantitative estimate of drug-likeness (QED) is 0.543. The second-order valence-electron chi connectivity index (χ2n) is 5.88. The molecule has 1 aliphatic carbocycles. The van der Waals surface area contributed by atoms with Crippen molar-refractivity contribution in [1.82, 2.24) is 0 Å². The zero-order valence-corrected chi connectivity index (χ0v) is 13.0. The van der Waals surface area contributed by atoms with E-state index in [9.17, 15) is 19.5 Å². The van der Waals surface area contributed by atoms with Crippen LogP contribution in [0.25, 0.3) is 11.0 Å². The maximum Gasteiger partial charge on any atom is 0.202 e. The van der Waals surface area contributed by atoms with Crippen LogP contribution >= 0.6 is 0 Å². The molecule has 4 rings (SSSR count). The first-order valence-corrected chi connectivity index (χ1v) is 7.39.